The van der Waals surface area contributed by atoms with Gasteiger partial charge in [0.15, 0.2) is 0 Å². The van der Waals surface area contributed by atoms with Crippen LogP contribution in [0.4, 0.5) is 5.82 Å². The van der Waals surface area contributed by atoms with Gasteiger partial charge in [0, 0.05) is 17.1 Å². The van der Waals surface area contributed by atoms with Gasteiger partial charge in [-0.05, 0) is 12.1 Å². The first-order valence-corrected chi connectivity index (χ1v) is 5.25. The van der Waals surface area contributed by atoms with Gasteiger partial charge in [-0.3, -0.25) is 9.97 Å². The Hall–Kier alpha value is -2.49. The maximum Gasteiger partial charge on any atom is 0.142 e. The monoisotopic (exact) mass is 222 g/mol. The van der Waals surface area contributed by atoms with Crippen molar-refractivity contribution in [1.82, 2.24) is 15.0 Å². The van der Waals surface area contributed by atoms with E-state index >= 15 is 0 Å². The third kappa shape index (κ3) is 1.80. The molecule has 17 heavy (non-hydrogen) atoms. The number of anilines is 1. The molecule has 0 amide bonds. The van der Waals surface area contributed by atoms with Crippen molar-refractivity contribution in [2.75, 3.05) is 5.73 Å². The highest BCUT2D eigenvalue weighted by atomic mass is 14.9. The first kappa shape index (κ1) is 9.72. The zero-order chi connectivity index (χ0) is 11.7. The molecule has 3 rings (SSSR count). The highest BCUT2D eigenvalue weighted by molar-refractivity contribution is 5.82. The van der Waals surface area contributed by atoms with E-state index in [4.69, 9.17) is 5.73 Å². The molecular formula is C13H10N4. The Morgan fingerprint density at radius 1 is 1.00 bits per heavy atom. The van der Waals surface area contributed by atoms with Crippen LogP contribution < -0.4 is 5.73 Å². The molecule has 82 valence electrons. The summed E-state index contributed by atoms with van der Waals surface area (Å²) in [6.07, 6.45) is 4.99. The van der Waals surface area contributed by atoms with Gasteiger partial charge in [-0.1, -0.05) is 18.2 Å². The number of pyridine rings is 1. The Bertz CT molecular complexity index is 679. The Morgan fingerprint density at radius 2 is 1.88 bits per heavy atom. The molecule has 1 aromatic carbocycles. The van der Waals surface area contributed by atoms with Gasteiger partial charge in [-0.25, -0.2) is 4.98 Å². The summed E-state index contributed by atoms with van der Waals surface area (Å²) < 4.78 is 0. The van der Waals surface area contributed by atoms with E-state index in [2.05, 4.69) is 15.0 Å². The summed E-state index contributed by atoms with van der Waals surface area (Å²) in [5, 5.41) is 1.08. The Morgan fingerprint density at radius 3 is 2.76 bits per heavy atom. The predicted molar refractivity (Wildman–Crippen MR) is 67.2 cm³/mol. The van der Waals surface area contributed by atoms with Crippen molar-refractivity contribution in [3.8, 4) is 11.3 Å². The summed E-state index contributed by atoms with van der Waals surface area (Å²) in [7, 11) is 0. The van der Waals surface area contributed by atoms with E-state index in [1.807, 2.05) is 30.3 Å². The van der Waals surface area contributed by atoms with Crippen LogP contribution in [0.3, 0.4) is 0 Å². The summed E-state index contributed by atoms with van der Waals surface area (Å²) in [5.74, 6) is 0.413. The second-order valence-electron chi connectivity index (χ2n) is 3.75. The number of aromatic nitrogens is 3. The molecule has 4 heteroatoms. The number of nitrogens with zero attached hydrogens (tertiary/aromatic N) is 3. The molecular weight excluding hydrogens is 212 g/mol. The fourth-order valence-electron chi connectivity index (χ4n) is 1.73. The van der Waals surface area contributed by atoms with Crippen LogP contribution in [0.5, 0.6) is 0 Å². The van der Waals surface area contributed by atoms with E-state index in [9.17, 15) is 0 Å². The van der Waals surface area contributed by atoms with Crippen molar-refractivity contribution in [2.24, 2.45) is 0 Å². The number of fused-ring (bicyclic) bond motifs is 1. The van der Waals surface area contributed by atoms with Crippen LogP contribution in [-0.2, 0) is 0 Å². The fourth-order valence-corrected chi connectivity index (χ4v) is 1.73. The normalized spacial score (nSPS) is 10.6. The predicted octanol–water partition coefficient (Wildman–Crippen LogP) is 2.27. The van der Waals surface area contributed by atoms with Crippen molar-refractivity contribution in [2.45, 2.75) is 0 Å². The molecule has 0 fully saturated rings. The Labute approximate surface area is 98.2 Å². The van der Waals surface area contributed by atoms with E-state index < -0.39 is 0 Å². The molecule has 0 atom stereocenters. The smallest absolute Gasteiger partial charge is 0.142 e. The standard InChI is InChI=1S/C13H10N4/c14-13-8-15-7-12(17-13)10-5-9-3-1-2-4-11(9)16-6-10/h1-8H,(H2,14,17). The molecule has 0 saturated heterocycles. The molecule has 3 aromatic rings. The number of hydrogen-bond acceptors (Lipinski definition) is 4. The van der Waals surface area contributed by atoms with Crippen LogP contribution in [0.2, 0.25) is 0 Å². The van der Waals surface area contributed by atoms with Gasteiger partial charge >= 0.3 is 0 Å². The van der Waals surface area contributed by atoms with E-state index in [1.54, 1.807) is 12.4 Å². The van der Waals surface area contributed by atoms with Gasteiger partial charge in [0.25, 0.3) is 0 Å². The minimum atomic E-state index is 0.413. The quantitative estimate of drug-likeness (QED) is 0.686. The van der Waals surface area contributed by atoms with Gasteiger partial charge in [-0.15, -0.1) is 0 Å². The minimum absolute atomic E-state index is 0.413. The lowest BCUT2D eigenvalue weighted by Crippen LogP contribution is -1.94. The Kier molecular flexibility index (Phi) is 2.19. The summed E-state index contributed by atoms with van der Waals surface area (Å²) >= 11 is 0. The topological polar surface area (TPSA) is 64.7 Å². The lowest BCUT2D eigenvalue weighted by atomic mass is 10.1. The van der Waals surface area contributed by atoms with Crippen molar-refractivity contribution in [1.29, 1.82) is 0 Å². The summed E-state index contributed by atoms with van der Waals surface area (Å²) in [4.78, 5) is 12.6. The van der Waals surface area contributed by atoms with Crippen LogP contribution in [0.1, 0.15) is 0 Å². The molecule has 4 nitrogen and oxygen atoms in total. The molecule has 2 heterocycles. The lowest BCUT2D eigenvalue weighted by Gasteiger charge is -2.02. The number of rotatable bonds is 1. The molecule has 0 unspecified atom stereocenters. The van der Waals surface area contributed by atoms with Gasteiger partial charge in [0.1, 0.15) is 5.82 Å². The zero-order valence-corrected chi connectivity index (χ0v) is 9.04. The first-order valence-electron chi connectivity index (χ1n) is 5.25. The van der Waals surface area contributed by atoms with Crippen molar-refractivity contribution in [3.63, 3.8) is 0 Å². The summed E-state index contributed by atoms with van der Waals surface area (Å²) in [6.45, 7) is 0. The van der Waals surface area contributed by atoms with Gasteiger partial charge in [0.2, 0.25) is 0 Å². The van der Waals surface area contributed by atoms with E-state index in [-0.39, 0.29) is 0 Å². The van der Waals surface area contributed by atoms with Gasteiger partial charge < -0.3 is 5.73 Å². The minimum Gasteiger partial charge on any atom is -0.382 e. The number of para-hydroxylation sites is 1. The number of nitrogen functional groups attached to an aromatic ring is 1. The number of hydrogen-bond donors (Lipinski definition) is 1. The highest BCUT2D eigenvalue weighted by Gasteiger charge is 2.02. The molecule has 0 spiro atoms. The molecule has 0 aliphatic rings. The number of benzene rings is 1. The van der Waals surface area contributed by atoms with Crippen molar-refractivity contribution < 1.29 is 0 Å². The molecule has 2 N–H and O–H groups in total. The van der Waals surface area contributed by atoms with Crippen LogP contribution in [0, 0.1) is 0 Å². The number of nitrogens with two attached hydrogens (primary N) is 1. The van der Waals surface area contributed by atoms with E-state index in [0.29, 0.717) is 5.82 Å². The molecule has 0 saturated carbocycles. The molecule has 2 aromatic heterocycles. The molecule has 0 bridgehead atoms. The summed E-state index contributed by atoms with van der Waals surface area (Å²) in [5.41, 5.74) is 8.24. The first-order chi connectivity index (χ1) is 8.33. The third-order valence-electron chi connectivity index (χ3n) is 2.54. The largest absolute Gasteiger partial charge is 0.382 e. The molecule has 0 aliphatic heterocycles. The average Bonchev–Trinajstić information content (AvgIpc) is 2.38. The second kappa shape index (κ2) is 3.83. The van der Waals surface area contributed by atoms with Crippen LogP contribution in [0.25, 0.3) is 22.2 Å². The third-order valence-corrected chi connectivity index (χ3v) is 2.54. The van der Waals surface area contributed by atoms with Crippen LogP contribution in [0.15, 0.2) is 48.9 Å². The molecule has 0 aliphatic carbocycles. The fraction of sp³-hybridized carbons (Fsp3) is 0. The highest BCUT2D eigenvalue weighted by Crippen LogP contribution is 2.20. The molecule has 0 radical (unpaired) electrons. The van der Waals surface area contributed by atoms with E-state index in [1.165, 1.54) is 6.20 Å². The van der Waals surface area contributed by atoms with Crippen molar-refractivity contribution in [3.05, 3.63) is 48.9 Å². The SMILES string of the molecule is Nc1cncc(-c2cnc3ccccc3c2)n1. The van der Waals surface area contributed by atoms with Crippen molar-refractivity contribution >= 4 is 16.7 Å². The lowest BCUT2D eigenvalue weighted by molar-refractivity contribution is 1.21. The second-order valence-corrected chi connectivity index (χ2v) is 3.75. The zero-order valence-electron chi connectivity index (χ0n) is 9.04. The maximum absolute atomic E-state index is 5.61. The van der Waals surface area contributed by atoms with E-state index in [0.717, 1.165) is 22.2 Å². The average molecular weight is 222 g/mol. The van der Waals surface area contributed by atoms with Gasteiger partial charge in [-0.2, -0.15) is 0 Å². The summed E-state index contributed by atoms with van der Waals surface area (Å²) in [6, 6.07) is 9.98. The van der Waals surface area contributed by atoms with Crippen LogP contribution in [-0.4, -0.2) is 15.0 Å². The van der Waals surface area contributed by atoms with Gasteiger partial charge in [0.05, 0.1) is 23.6 Å². The maximum atomic E-state index is 5.61. The van der Waals surface area contributed by atoms with Crippen LogP contribution >= 0.6 is 0 Å². The Balaban J connectivity index is 2.18.